The largest absolute Gasteiger partial charge is 0.456 e. The molecule has 13 rings (SSSR count). The molecule has 2 heterocycles. The number of nitrogens with zero attached hydrogens (tertiary/aromatic N) is 1. The van der Waals surface area contributed by atoms with E-state index >= 15 is 0 Å². The van der Waals surface area contributed by atoms with Gasteiger partial charge in [-0.3, -0.25) is 0 Å². The van der Waals surface area contributed by atoms with E-state index in [1.54, 1.807) is 0 Å². The van der Waals surface area contributed by atoms with Crippen LogP contribution in [0.15, 0.2) is 233 Å². The molecular weight excluding hydrogens is 767 g/mol. The minimum atomic E-state index is 0.808. The van der Waals surface area contributed by atoms with Crippen LogP contribution in [-0.2, 0) is 0 Å². The van der Waals surface area contributed by atoms with Crippen molar-refractivity contribution in [2.45, 2.75) is 0 Å². The molecule has 0 spiro atoms. The summed E-state index contributed by atoms with van der Waals surface area (Å²) in [5.41, 5.74) is 13.2. The summed E-state index contributed by atoms with van der Waals surface area (Å²) < 4.78 is 13.6. The third-order valence-electron chi connectivity index (χ3n) is 12.8. The molecule has 2 aromatic heterocycles. The smallest absolute Gasteiger partial charge is 0.159 e. The number of hydrogen-bond acceptors (Lipinski definition) is 3. The van der Waals surface area contributed by atoms with E-state index in [9.17, 15) is 0 Å². The molecule has 0 aliphatic rings. The molecule has 0 aliphatic heterocycles. The quantitative estimate of drug-likeness (QED) is 0.157. The third kappa shape index (κ3) is 5.67. The van der Waals surface area contributed by atoms with E-state index in [2.05, 4.69) is 211 Å². The fourth-order valence-electron chi connectivity index (χ4n) is 9.88. The SMILES string of the molecule is c1ccc(-c2ccc(N(c3ccc(-c4ccccc4)cc3)c3cc(-c4ccc5c6ccccc6c6ccccc6c5c4)cc4c3oc3ccc5oc6ccccc6c5c34)cc2)cc1. The van der Waals surface area contributed by atoms with Crippen LogP contribution in [0.5, 0.6) is 0 Å². The Labute approximate surface area is 363 Å². The van der Waals surface area contributed by atoms with E-state index in [1.807, 2.05) is 18.2 Å². The molecule has 3 heteroatoms. The Balaban J connectivity index is 1.11. The van der Waals surface area contributed by atoms with Crippen LogP contribution in [0.2, 0.25) is 0 Å². The first-order valence-electron chi connectivity index (χ1n) is 21.5. The van der Waals surface area contributed by atoms with Gasteiger partial charge in [0.2, 0.25) is 0 Å². The molecule has 0 amide bonds. The van der Waals surface area contributed by atoms with Crippen molar-refractivity contribution >= 4 is 93.3 Å². The van der Waals surface area contributed by atoms with Gasteiger partial charge in [0.1, 0.15) is 16.7 Å². The third-order valence-corrected chi connectivity index (χ3v) is 12.8. The average Bonchev–Trinajstić information content (AvgIpc) is 3.93. The van der Waals surface area contributed by atoms with Gasteiger partial charge in [-0.05, 0) is 126 Å². The maximum atomic E-state index is 7.10. The molecule has 294 valence electrons. The van der Waals surface area contributed by atoms with Crippen molar-refractivity contribution in [1.82, 2.24) is 0 Å². The van der Waals surface area contributed by atoms with E-state index in [1.165, 1.54) is 43.4 Å². The molecule has 63 heavy (non-hydrogen) atoms. The summed E-state index contributed by atoms with van der Waals surface area (Å²) in [6.45, 7) is 0. The Kier molecular flexibility index (Phi) is 7.91. The van der Waals surface area contributed by atoms with Gasteiger partial charge < -0.3 is 13.7 Å². The standard InChI is InChI=1S/C60H37NO2/c1-3-13-38(14-4-1)40-23-28-44(29-24-40)61(45-30-25-41(26-31-45)39-15-5-2-6-16-39)54-37-43(36-53-59-57(63-60(53)54)34-33-56-58(59)51-21-11-12-22-55(51)62-56)42-27-32-50-48-19-8-7-17-46(48)47-18-9-10-20-49(47)52(50)35-42/h1-37H. The lowest BCUT2D eigenvalue weighted by atomic mass is 9.91. The van der Waals surface area contributed by atoms with E-state index < -0.39 is 0 Å². The summed E-state index contributed by atoms with van der Waals surface area (Å²) in [7, 11) is 0. The van der Waals surface area contributed by atoms with Crippen LogP contribution >= 0.6 is 0 Å². The Morgan fingerprint density at radius 1 is 0.254 bits per heavy atom. The van der Waals surface area contributed by atoms with Gasteiger partial charge in [0.05, 0.1) is 5.69 Å². The molecule has 0 N–H and O–H groups in total. The summed E-state index contributed by atoms with van der Waals surface area (Å²) in [5.74, 6) is 0. The van der Waals surface area contributed by atoms with Crippen molar-refractivity contribution in [1.29, 1.82) is 0 Å². The van der Waals surface area contributed by atoms with Crippen molar-refractivity contribution < 1.29 is 8.83 Å². The second-order valence-corrected chi connectivity index (χ2v) is 16.4. The highest BCUT2D eigenvalue weighted by Gasteiger charge is 2.24. The lowest BCUT2D eigenvalue weighted by Gasteiger charge is -2.27. The topological polar surface area (TPSA) is 29.5 Å². The van der Waals surface area contributed by atoms with Gasteiger partial charge in [-0.15, -0.1) is 0 Å². The van der Waals surface area contributed by atoms with E-state index in [0.29, 0.717) is 0 Å². The van der Waals surface area contributed by atoms with Crippen LogP contribution in [0.4, 0.5) is 17.1 Å². The van der Waals surface area contributed by atoms with Gasteiger partial charge in [0.25, 0.3) is 0 Å². The highest BCUT2D eigenvalue weighted by atomic mass is 16.3. The second-order valence-electron chi connectivity index (χ2n) is 16.4. The summed E-state index contributed by atoms with van der Waals surface area (Å²) in [5, 5.41) is 11.7. The maximum Gasteiger partial charge on any atom is 0.159 e. The molecule has 11 aromatic carbocycles. The van der Waals surface area contributed by atoms with Crippen LogP contribution in [-0.4, -0.2) is 0 Å². The minimum absolute atomic E-state index is 0.808. The minimum Gasteiger partial charge on any atom is -0.456 e. The summed E-state index contributed by atoms with van der Waals surface area (Å²) in [6.07, 6.45) is 0. The first-order chi connectivity index (χ1) is 31.2. The summed E-state index contributed by atoms with van der Waals surface area (Å²) >= 11 is 0. The normalized spacial score (nSPS) is 11.8. The lowest BCUT2D eigenvalue weighted by Crippen LogP contribution is -2.10. The molecule has 0 fully saturated rings. The number of rotatable bonds is 6. The van der Waals surface area contributed by atoms with Gasteiger partial charge in [-0.2, -0.15) is 0 Å². The Bertz CT molecular complexity index is 3760. The first kappa shape index (κ1) is 35.4. The number of fused-ring (bicyclic) bond motifs is 13. The zero-order valence-electron chi connectivity index (χ0n) is 34.1. The molecule has 0 radical (unpaired) electrons. The van der Waals surface area contributed by atoms with Crippen LogP contribution < -0.4 is 4.90 Å². The fourth-order valence-corrected chi connectivity index (χ4v) is 9.88. The van der Waals surface area contributed by atoms with Crippen LogP contribution in [0.1, 0.15) is 0 Å². The van der Waals surface area contributed by atoms with Crippen LogP contribution in [0.3, 0.4) is 0 Å². The van der Waals surface area contributed by atoms with Gasteiger partial charge >= 0.3 is 0 Å². The number of furan rings is 2. The Hall–Kier alpha value is -8.40. The van der Waals surface area contributed by atoms with Gasteiger partial charge in [0.15, 0.2) is 5.58 Å². The number of benzene rings is 11. The number of anilines is 3. The molecule has 0 unspecified atom stereocenters. The first-order valence-corrected chi connectivity index (χ1v) is 21.5. The molecule has 0 saturated heterocycles. The van der Waals surface area contributed by atoms with Crippen molar-refractivity contribution in [3.8, 4) is 33.4 Å². The molecular formula is C60H37NO2. The maximum absolute atomic E-state index is 7.10. The molecule has 0 bridgehead atoms. The number of para-hydroxylation sites is 1. The predicted molar refractivity (Wildman–Crippen MR) is 265 cm³/mol. The predicted octanol–water partition coefficient (Wildman–Crippen LogP) is 17.4. The van der Waals surface area contributed by atoms with Crippen molar-refractivity contribution in [2.75, 3.05) is 4.90 Å². The summed E-state index contributed by atoms with van der Waals surface area (Å²) in [6, 6.07) is 80.5. The Morgan fingerprint density at radius 3 is 1.27 bits per heavy atom. The van der Waals surface area contributed by atoms with Crippen molar-refractivity contribution in [3.05, 3.63) is 224 Å². The zero-order chi connectivity index (χ0) is 41.4. The van der Waals surface area contributed by atoms with Crippen LogP contribution in [0.25, 0.3) is 110 Å². The second kappa shape index (κ2) is 14.1. The zero-order valence-corrected chi connectivity index (χ0v) is 34.1. The van der Waals surface area contributed by atoms with Crippen LogP contribution in [0, 0.1) is 0 Å². The van der Waals surface area contributed by atoms with Gasteiger partial charge in [-0.1, -0.05) is 164 Å². The van der Waals surface area contributed by atoms with Crippen molar-refractivity contribution in [2.24, 2.45) is 0 Å². The number of hydrogen-bond donors (Lipinski definition) is 0. The highest BCUT2D eigenvalue weighted by Crippen LogP contribution is 2.48. The molecule has 13 aromatic rings. The molecule has 3 nitrogen and oxygen atoms in total. The van der Waals surface area contributed by atoms with E-state index in [4.69, 9.17) is 8.83 Å². The average molecular weight is 804 g/mol. The molecule has 0 atom stereocenters. The lowest BCUT2D eigenvalue weighted by molar-refractivity contribution is 0.663. The van der Waals surface area contributed by atoms with Crippen molar-refractivity contribution in [3.63, 3.8) is 0 Å². The highest BCUT2D eigenvalue weighted by molar-refractivity contribution is 6.28. The summed E-state index contributed by atoms with van der Waals surface area (Å²) in [4.78, 5) is 2.35. The van der Waals surface area contributed by atoms with E-state index in [0.717, 1.165) is 83.2 Å². The Morgan fingerprint density at radius 2 is 0.683 bits per heavy atom. The van der Waals surface area contributed by atoms with E-state index in [-0.39, 0.29) is 0 Å². The fraction of sp³-hybridized carbons (Fsp3) is 0. The van der Waals surface area contributed by atoms with Gasteiger partial charge in [0, 0.05) is 32.9 Å². The monoisotopic (exact) mass is 803 g/mol. The molecule has 0 saturated carbocycles. The molecule has 0 aliphatic carbocycles. The van der Waals surface area contributed by atoms with Gasteiger partial charge in [-0.25, -0.2) is 0 Å².